The van der Waals surface area contributed by atoms with Gasteiger partial charge in [0.1, 0.15) is 45.3 Å². The van der Waals surface area contributed by atoms with E-state index in [9.17, 15) is 0 Å². The van der Waals surface area contributed by atoms with Gasteiger partial charge in [-0.25, -0.2) is 15.0 Å². The van der Waals surface area contributed by atoms with Crippen molar-refractivity contribution in [1.82, 2.24) is 19.9 Å². The third kappa shape index (κ3) is 20.9. The molecule has 88 heavy (non-hydrogen) atoms. The molecule has 8 aromatic heterocycles. The Balaban J connectivity index is 0.000000544. The Labute approximate surface area is 532 Å². The molecule has 0 spiro atoms. The SMILES string of the molecule is CC.CC.CC.CC.CC.CC.CC.CC.Cc1cccnc1-c1c2ccccc2cc[n+]1C.Cc1cccnc1-c1cc2ccccc2c[n+]1C.Cc1cccnc1-c1ccc2ccccc2[n+]1C.Cc1ccncc1-c1ccc2ccccc2[n+]1C. The van der Waals surface area contributed by atoms with E-state index in [1.54, 1.807) is 0 Å². The summed E-state index contributed by atoms with van der Waals surface area (Å²) in [6.45, 7) is 40.4. The molecule has 4 aromatic carbocycles. The smallest absolute Gasteiger partial charge is 0.239 e. The second-order valence-electron chi connectivity index (χ2n) is 18.1. The van der Waals surface area contributed by atoms with Gasteiger partial charge in [-0.05, 0) is 121 Å². The van der Waals surface area contributed by atoms with Gasteiger partial charge in [-0.15, -0.1) is 0 Å². The Kier molecular flexibility index (Phi) is 38.3. The first-order chi connectivity index (χ1) is 43.1. The molecule has 0 fully saturated rings. The van der Waals surface area contributed by atoms with E-state index in [4.69, 9.17) is 0 Å². The molecule has 8 heterocycles. The number of hydrogen-bond donors (Lipinski definition) is 0. The van der Waals surface area contributed by atoms with Gasteiger partial charge in [-0.2, -0.15) is 18.3 Å². The van der Waals surface area contributed by atoms with E-state index < -0.39 is 0 Å². The number of fused-ring (bicyclic) bond motifs is 4. The van der Waals surface area contributed by atoms with Gasteiger partial charge >= 0.3 is 0 Å². The van der Waals surface area contributed by atoms with Crippen molar-refractivity contribution in [2.24, 2.45) is 28.2 Å². The molecule has 0 amide bonds. The molecule has 8 heteroatoms. The molecular weight excluding hydrogens is 1070 g/mol. The molecular formula is C80H108N8+4. The maximum atomic E-state index is 4.54. The van der Waals surface area contributed by atoms with Gasteiger partial charge in [0, 0.05) is 83.5 Å². The van der Waals surface area contributed by atoms with Crippen molar-refractivity contribution in [3.63, 3.8) is 0 Å². The number of benzene rings is 4. The summed E-state index contributed by atoms with van der Waals surface area (Å²) in [4.78, 5) is 17.8. The fourth-order valence-electron chi connectivity index (χ4n) is 9.30. The van der Waals surface area contributed by atoms with Crippen LogP contribution in [0.15, 0.2) is 219 Å². The topological polar surface area (TPSA) is 67.1 Å². The summed E-state index contributed by atoms with van der Waals surface area (Å²) in [5.74, 6) is 0. The third-order valence-electron chi connectivity index (χ3n) is 13.3. The summed E-state index contributed by atoms with van der Waals surface area (Å²) in [5.41, 5.74) is 16.3. The highest BCUT2D eigenvalue weighted by Gasteiger charge is 2.20. The average Bonchev–Trinajstić information content (AvgIpc) is 2.33. The molecule has 0 aliphatic rings. The van der Waals surface area contributed by atoms with Crippen molar-refractivity contribution < 1.29 is 18.3 Å². The second-order valence-corrected chi connectivity index (χ2v) is 18.1. The minimum atomic E-state index is 1.05. The number of hydrogen-bond acceptors (Lipinski definition) is 4. The first-order valence-corrected chi connectivity index (χ1v) is 32.3. The maximum absolute atomic E-state index is 4.54. The molecule has 0 atom stereocenters. The van der Waals surface area contributed by atoms with Crippen LogP contribution in [0.5, 0.6) is 0 Å². The Bertz CT molecular complexity index is 3680. The van der Waals surface area contributed by atoms with E-state index in [0.717, 1.165) is 28.5 Å². The Morgan fingerprint density at radius 2 is 0.716 bits per heavy atom. The van der Waals surface area contributed by atoms with Crippen molar-refractivity contribution in [2.45, 2.75) is 138 Å². The predicted molar refractivity (Wildman–Crippen MR) is 383 cm³/mol. The van der Waals surface area contributed by atoms with Gasteiger partial charge in [0.25, 0.3) is 0 Å². The highest BCUT2D eigenvalue weighted by Crippen LogP contribution is 2.27. The number of aromatic nitrogens is 8. The highest BCUT2D eigenvalue weighted by molar-refractivity contribution is 5.92. The van der Waals surface area contributed by atoms with Crippen LogP contribution >= 0.6 is 0 Å². The molecule has 8 nitrogen and oxygen atoms in total. The molecule has 0 N–H and O–H groups in total. The number of para-hydroxylation sites is 2. The summed E-state index contributed by atoms with van der Waals surface area (Å²) in [7, 11) is 8.32. The zero-order valence-corrected chi connectivity index (χ0v) is 58.4. The summed E-state index contributed by atoms with van der Waals surface area (Å²) < 4.78 is 8.69. The van der Waals surface area contributed by atoms with E-state index >= 15 is 0 Å². The van der Waals surface area contributed by atoms with Crippen molar-refractivity contribution in [3.8, 4) is 45.4 Å². The van der Waals surface area contributed by atoms with Crippen molar-refractivity contribution in [2.75, 3.05) is 0 Å². The van der Waals surface area contributed by atoms with E-state index in [0.29, 0.717) is 0 Å². The predicted octanol–water partition coefficient (Wildman–Crippen LogP) is 20.3. The van der Waals surface area contributed by atoms with E-state index in [1.165, 1.54) is 82.6 Å². The maximum Gasteiger partial charge on any atom is 0.239 e. The molecule has 0 bridgehead atoms. The minimum Gasteiger partial charge on any atom is -0.264 e. The van der Waals surface area contributed by atoms with Crippen LogP contribution in [0.3, 0.4) is 0 Å². The zero-order valence-electron chi connectivity index (χ0n) is 58.4. The van der Waals surface area contributed by atoms with Crippen LogP contribution in [0.4, 0.5) is 0 Å². The fraction of sp³-hybridized carbons (Fsp3) is 0.300. The summed E-state index contributed by atoms with van der Waals surface area (Å²) in [5, 5.41) is 7.48. The van der Waals surface area contributed by atoms with E-state index in [1.807, 2.05) is 166 Å². The first-order valence-electron chi connectivity index (χ1n) is 32.3. The molecule has 0 saturated carbocycles. The number of pyridine rings is 8. The van der Waals surface area contributed by atoms with Gasteiger partial charge < -0.3 is 0 Å². The van der Waals surface area contributed by atoms with Gasteiger partial charge in [-0.1, -0.05) is 190 Å². The molecule has 0 unspecified atom stereocenters. The van der Waals surface area contributed by atoms with Gasteiger partial charge in [0.15, 0.2) is 12.4 Å². The lowest BCUT2D eigenvalue weighted by molar-refractivity contribution is -0.659. The molecule has 0 aliphatic heterocycles. The van der Waals surface area contributed by atoms with Crippen LogP contribution in [0.25, 0.3) is 88.8 Å². The molecule has 12 rings (SSSR count). The largest absolute Gasteiger partial charge is 0.264 e. The standard InChI is InChI=1S/4C16H15N2.8C2H6/c1-12-6-5-11-17-16(12)15-10-9-13-7-3-4-8-14(13)18(15)2;1-12-6-5-10-17-15(12)16-14-8-4-3-7-13(14)9-11-18(16)2;1-12-6-5-9-17-16(12)15-10-13-7-3-4-8-14(13)11-18(15)2;1-12-9-10-17-11-14(12)16-8-7-13-5-3-4-6-15(13)18(16)2;8*1-2/h4*3-11H,1-2H3;8*1-2H3/q4*+1;;;;;;;;. The normalized spacial score (nSPS) is 9.36. The van der Waals surface area contributed by atoms with Crippen LogP contribution in [0.2, 0.25) is 0 Å². The Hall–Kier alpha value is -8.88. The van der Waals surface area contributed by atoms with Crippen molar-refractivity contribution in [3.05, 3.63) is 242 Å². The Morgan fingerprint density at radius 3 is 1.20 bits per heavy atom. The first kappa shape index (κ1) is 77.1. The lowest BCUT2D eigenvalue weighted by atomic mass is 10.0. The second kappa shape index (κ2) is 43.7. The lowest BCUT2D eigenvalue weighted by Crippen LogP contribution is -2.32. The quantitative estimate of drug-likeness (QED) is 0.165. The summed E-state index contributed by atoms with van der Waals surface area (Å²) in [6, 6.07) is 60.8. The van der Waals surface area contributed by atoms with Crippen LogP contribution in [0, 0.1) is 27.7 Å². The molecule has 464 valence electrons. The van der Waals surface area contributed by atoms with Gasteiger partial charge in [0.2, 0.25) is 33.8 Å². The summed E-state index contributed by atoms with van der Waals surface area (Å²) in [6.07, 6.45) is 13.5. The lowest BCUT2D eigenvalue weighted by Gasteiger charge is -2.06. The van der Waals surface area contributed by atoms with Crippen LogP contribution in [-0.2, 0) is 28.2 Å². The molecule has 0 aliphatic carbocycles. The third-order valence-corrected chi connectivity index (χ3v) is 13.3. The van der Waals surface area contributed by atoms with Crippen LogP contribution < -0.4 is 18.3 Å². The van der Waals surface area contributed by atoms with Gasteiger partial charge in [-0.3, -0.25) is 4.98 Å². The molecule has 12 aromatic rings. The summed E-state index contributed by atoms with van der Waals surface area (Å²) >= 11 is 0. The van der Waals surface area contributed by atoms with Crippen molar-refractivity contribution in [1.29, 1.82) is 0 Å². The van der Waals surface area contributed by atoms with Gasteiger partial charge in [0.05, 0.1) is 10.9 Å². The number of aryl methyl sites for hydroxylation is 8. The van der Waals surface area contributed by atoms with Crippen LogP contribution in [0.1, 0.15) is 133 Å². The minimum absolute atomic E-state index is 1.05. The van der Waals surface area contributed by atoms with E-state index in [-0.39, 0.29) is 0 Å². The average molecular weight is 1180 g/mol. The molecule has 0 saturated heterocycles. The number of nitrogens with zero attached hydrogens (tertiary/aromatic N) is 8. The molecule has 0 radical (unpaired) electrons. The highest BCUT2D eigenvalue weighted by atomic mass is 15.0. The number of rotatable bonds is 4. The Morgan fingerprint density at radius 1 is 0.307 bits per heavy atom. The van der Waals surface area contributed by atoms with Crippen molar-refractivity contribution >= 4 is 43.4 Å². The van der Waals surface area contributed by atoms with Crippen LogP contribution in [-0.4, -0.2) is 19.9 Å². The zero-order chi connectivity index (χ0) is 66.1. The monoisotopic (exact) mass is 1180 g/mol. The fourth-order valence-corrected chi connectivity index (χ4v) is 9.30. The van der Waals surface area contributed by atoms with E-state index in [2.05, 4.69) is 258 Å².